The van der Waals surface area contributed by atoms with Crippen molar-refractivity contribution in [2.45, 2.75) is 23.3 Å². The molecule has 0 amide bonds. The fourth-order valence-electron chi connectivity index (χ4n) is 2.42. The number of benzene rings is 2. The third-order valence-electron chi connectivity index (χ3n) is 4.01. The molecule has 30 heavy (non-hydrogen) atoms. The molecule has 0 bridgehead atoms. The molecule has 0 aliphatic rings. The fourth-order valence-corrected chi connectivity index (χ4v) is 3.93. The van der Waals surface area contributed by atoms with Crippen LogP contribution in [0.2, 0.25) is 0 Å². The van der Waals surface area contributed by atoms with Crippen LogP contribution in [0, 0.1) is 12.7 Å². The molecule has 2 aromatic carbocycles. The second-order valence-corrected chi connectivity index (χ2v) is 9.09. The van der Waals surface area contributed by atoms with Crippen LogP contribution in [-0.4, -0.2) is 38.4 Å². The average molecular weight is 458 g/mol. The second kappa shape index (κ2) is 8.36. The first-order valence-corrected chi connectivity index (χ1v) is 11.3. The van der Waals surface area contributed by atoms with E-state index in [4.69, 9.17) is 4.74 Å². The van der Waals surface area contributed by atoms with Gasteiger partial charge in [-0.05, 0) is 55.5 Å². The maximum Gasteiger partial charge on any atom is 0.332 e. The number of hydrogen-bond donors (Lipinski definition) is 1. The van der Waals surface area contributed by atoms with E-state index in [2.05, 4.69) is 15.0 Å². The Labute approximate surface area is 171 Å². The minimum absolute atomic E-state index is 0.0287. The summed E-state index contributed by atoms with van der Waals surface area (Å²) in [5, 5.41) is 7.64. The van der Waals surface area contributed by atoms with Gasteiger partial charge in [0, 0.05) is 0 Å². The molecule has 0 aliphatic carbocycles. The number of hydrogen-bond acceptors (Lipinski definition) is 7. The predicted molar refractivity (Wildman–Crippen MR) is 102 cm³/mol. The van der Waals surface area contributed by atoms with Crippen LogP contribution in [0.15, 0.2) is 58.3 Å². The van der Waals surface area contributed by atoms with Crippen LogP contribution < -0.4 is 9.46 Å². The molecule has 0 aliphatic heterocycles. The zero-order valence-electron chi connectivity index (χ0n) is 15.5. The normalized spacial score (nSPS) is 12.0. The van der Waals surface area contributed by atoms with Crippen LogP contribution in [0.3, 0.4) is 0 Å². The molecule has 3 aromatic rings. The first kappa shape index (κ1) is 21.6. The summed E-state index contributed by atoms with van der Waals surface area (Å²) in [6, 6.07) is 9.10. The number of nitrogens with zero attached hydrogens (tertiary/aromatic N) is 3. The molecule has 13 heteroatoms. The van der Waals surface area contributed by atoms with Crippen molar-refractivity contribution >= 4 is 26.1 Å². The molecule has 1 heterocycles. The van der Waals surface area contributed by atoms with Gasteiger partial charge in [0.1, 0.15) is 18.2 Å². The summed E-state index contributed by atoms with van der Waals surface area (Å²) in [5.41, 5.74) is 0.407. The molecular weight excluding hydrogens is 442 g/mol. The predicted octanol–water partition coefficient (Wildman–Crippen LogP) is 2.26. The van der Waals surface area contributed by atoms with Crippen LogP contribution in [0.4, 0.5) is 14.1 Å². The van der Waals surface area contributed by atoms with Crippen LogP contribution in [0.5, 0.6) is 5.75 Å². The highest BCUT2D eigenvalue weighted by molar-refractivity contribution is 7.92. The molecule has 1 N–H and O–H groups in total. The average Bonchev–Trinajstić information content (AvgIpc) is 3.02. The van der Waals surface area contributed by atoms with Crippen LogP contribution in [0.25, 0.3) is 0 Å². The number of anilines is 1. The highest BCUT2D eigenvalue weighted by Crippen LogP contribution is 2.20. The van der Waals surface area contributed by atoms with Gasteiger partial charge in [0.15, 0.2) is 5.82 Å². The highest BCUT2D eigenvalue weighted by atomic mass is 32.3. The summed E-state index contributed by atoms with van der Waals surface area (Å²) in [5.74, 6) is 0.0557. The van der Waals surface area contributed by atoms with E-state index in [-0.39, 0.29) is 29.7 Å². The van der Waals surface area contributed by atoms with Crippen LogP contribution >= 0.6 is 0 Å². The van der Waals surface area contributed by atoms with Gasteiger partial charge in [-0.1, -0.05) is 5.21 Å². The molecular formula is C17H16F2N4O5S2. The first-order chi connectivity index (χ1) is 14.1. The van der Waals surface area contributed by atoms with Crippen molar-refractivity contribution in [1.82, 2.24) is 15.0 Å². The van der Waals surface area contributed by atoms with E-state index in [9.17, 15) is 25.1 Å². The molecule has 0 fully saturated rings. The number of nitrogens with one attached hydrogen (secondary N) is 1. The Morgan fingerprint density at radius 2 is 1.60 bits per heavy atom. The molecule has 3 rings (SSSR count). The molecule has 0 spiro atoms. The zero-order chi connectivity index (χ0) is 21.9. The number of ether oxygens (including phenoxy) is 1. The summed E-state index contributed by atoms with van der Waals surface area (Å²) in [6.45, 7) is 2.02. The Morgan fingerprint density at radius 1 is 1.00 bits per heavy atom. The lowest BCUT2D eigenvalue weighted by atomic mass is 10.3. The lowest BCUT2D eigenvalue weighted by Crippen LogP contribution is -2.15. The Bertz CT molecular complexity index is 1240. The highest BCUT2D eigenvalue weighted by Gasteiger charge is 2.20. The third kappa shape index (κ3) is 5.10. The van der Waals surface area contributed by atoms with Gasteiger partial charge in [-0.3, -0.25) is 4.72 Å². The first-order valence-electron chi connectivity index (χ1n) is 8.42. The van der Waals surface area contributed by atoms with Gasteiger partial charge in [0.05, 0.1) is 22.0 Å². The Balaban J connectivity index is 1.66. The Kier molecular flexibility index (Phi) is 6.03. The van der Waals surface area contributed by atoms with Gasteiger partial charge in [-0.2, -0.15) is 8.42 Å². The zero-order valence-corrected chi connectivity index (χ0v) is 17.1. The largest absolute Gasteiger partial charge is 0.492 e. The standard InChI is InChI=1S/C17H16F2N4O5S2/c1-12-17(20-22-23(12)10-11-28-14-4-2-13(18)3-5-14)21-30(26,27)16-8-6-15(7-9-16)29(19,24)25/h2-9,21H,10-11H2,1H3. The van der Waals surface area contributed by atoms with Gasteiger partial charge < -0.3 is 4.74 Å². The van der Waals surface area contributed by atoms with E-state index in [0.717, 1.165) is 24.3 Å². The maximum atomic E-state index is 12.9. The lowest BCUT2D eigenvalue weighted by Gasteiger charge is -2.08. The third-order valence-corrected chi connectivity index (χ3v) is 6.20. The molecule has 0 saturated carbocycles. The van der Waals surface area contributed by atoms with E-state index >= 15 is 0 Å². The van der Waals surface area contributed by atoms with Gasteiger partial charge in [0.25, 0.3) is 10.0 Å². The van der Waals surface area contributed by atoms with E-state index in [1.54, 1.807) is 6.92 Å². The molecule has 0 radical (unpaired) electrons. The van der Waals surface area contributed by atoms with Crippen LogP contribution in [0.1, 0.15) is 5.69 Å². The van der Waals surface area contributed by atoms with Crippen LogP contribution in [-0.2, 0) is 26.8 Å². The summed E-state index contributed by atoms with van der Waals surface area (Å²) in [4.78, 5) is -0.923. The van der Waals surface area contributed by atoms with Gasteiger partial charge in [-0.25, -0.2) is 17.5 Å². The van der Waals surface area contributed by atoms with Crippen molar-refractivity contribution in [3.63, 3.8) is 0 Å². The second-order valence-electron chi connectivity index (χ2n) is 6.06. The van der Waals surface area contributed by atoms with Crippen molar-refractivity contribution in [2.75, 3.05) is 11.3 Å². The van der Waals surface area contributed by atoms with Gasteiger partial charge >= 0.3 is 10.2 Å². The number of rotatable bonds is 8. The topological polar surface area (TPSA) is 120 Å². The Hall–Kier alpha value is -3.06. The molecule has 0 unspecified atom stereocenters. The van der Waals surface area contributed by atoms with E-state index in [1.165, 1.54) is 28.9 Å². The smallest absolute Gasteiger partial charge is 0.332 e. The maximum absolute atomic E-state index is 12.9. The van der Waals surface area contributed by atoms with Crippen molar-refractivity contribution in [2.24, 2.45) is 0 Å². The van der Waals surface area contributed by atoms with Gasteiger partial charge in [0.2, 0.25) is 0 Å². The molecule has 0 atom stereocenters. The molecule has 1 aromatic heterocycles. The number of sulfonamides is 1. The van der Waals surface area contributed by atoms with Crippen molar-refractivity contribution in [3.8, 4) is 5.75 Å². The van der Waals surface area contributed by atoms with Crippen molar-refractivity contribution in [1.29, 1.82) is 0 Å². The summed E-state index contributed by atoms with van der Waals surface area (Å²) < 4.78 is 81.6. The number of aromatic nitrogens is 3. The van der Waals surface area contributed by atoms with E-state index in [0.29, 0.717) is 11.4 Å². The van der Waals surface area contributed by atoms with E-state index in [1.807, 2.05) is 0 Å². The minimum Gasteiger partial charge on any atom is -0.492 e. The molecule has 160 valence electrons. The summed E-state index contributed by atoms with van der Waals surface area (Å²) >= 11 is 0. The van der Waals surface area contributed by atoms with Gasteiger partial charge in [-0.15, -0.1) is 8.98 Å². The van der Waals surface area contributed by atoms with Crippen molar-refractivity contribution in [3.05, 3.63) is 60.0 Å². The quantitative estimate of drug-likeness (QED) is 0.514. The fraction of sp³-hybridized carbons (Fsp3) is 0.176. The Morgan fingerprint density at radius 3 is 2.20 bits per heavy atom. The summed E-state index contributed by atoms with van der Waals surface area (Å²) in [6.07, 6.45) is 0. The van der Waals surface area contributed by atoms with E-state index < -0.39 is 25.1 Å². The monoisotopic (exact) mass is 458 g/mol. The molecule has 9 nitrogen and oxygen atoms in total. The SMILES string of the molecule is Cc1c(NS(=O)(=O)c2ccc(S(=O)(=O)F)cc2)nnn1CCOc1ccc(F)cc1. The minimum atomic E-state index is -4.93. The van der Waals surface area contributed by atoms with Crippen molar-refractivity contribution < 1.29 is 29.8 Å². The number of halogens is 2. The lowest BCUT2D eigenvalue weighted by molar-refractivity contribution is 0.288. The summed E-state index contributed by atoms with van der Waals surface area (Å²) in [7, 11) is -9.03. The molecule has 0 saturated heterocycles.